The summed E-state index contributed by atoms with van der Waals surface area (Å²) in [7, 11) is 0. The molecule has 0 unspecified atom stereocenters. The van der Waals surface area contributed by atoms with Gasteiger partial charge in [0.25, 0.3) is 0 Å². The van der Waals surface area contributed by atoms with Crippen molar-refractivity contribution >= 4 is 16.9 Å². The Morgan fingerprint density at radius 2 is 2.13 bits per heavy atom. The zero-order valence-corrected chi connectivity index (χ0v) is 12.9. The maximum absolute atomic E-state index is 13.3. The van der Waals surface area contributed by atoms with Gasteiger partial charge < -0.3 is 14.6 Å². The first kappa shape index (κ1) is 14.6. The average Bonchev–Trinajstić information content (AvgIpc) is 3.20. The Labute approximate surface area is 133 Å². The Morgan fingerprint density at radius 3 is 2.96 bits per heavy atom. The first-order valence-electron chi connectivity index (χ1n) is 8.26. The van der Waals surface area contributed by atoms with Crippen LogP contribution >= 0.6 is 0 Å². The van der Waals surface area contributed by atoms with E-state index in [2.05, 4.69) is 9.97 Å². The molecule has 0 saturated carbocycles. The van der Waals surface area contributed by atoms with Crippen molar-refractivity contribution in [3.05, 3.63) is 29.8 Å². The van der Waals surface area contributed by atoms with Gasteiger partial charge in [0.2, 0.25) is 5.91 Å². The predicted octanol–water partition coefficient (Wildman–Crippen LogP) is 2.79. The highest BCUT2D eigenvalue weighted by molar-refractivity contribution is 5.80. The van der Waals surface area contributed by atoms with Crippen LogP contribution in [0.2, 0.25) is 0 Å². The smallest absolute Gasteiger partial charge is 0.226 e. The highest BCUT2D eigenvalue weighted by Gasteiger charge is 2.36. The maximum atomic E-state index is 13.3. The Bertz CT molecular complexity index is 724. The number of carbonyl (C=O) groups is 1. The number of aromatic amines is 1. The van der Waals surface area contributed by atoms with E-state index in [1.54, 1.807) is 6.07 Å². The number of rotatable bonds is 2. The number of likely N-dealkylation sites (tertiary alicyclic amines) is 1. The number of benzene rings is 1. The van der Waals surface area contributed by atoms with Gasteiger partial charge in [-0.25, -0.2) is 9.37 Å². The fraction of sp³-hybridized carbons (Fsp3) is 0.529. The summed E-state index contributed by atoms with van der Waals surface area (Å²) < 4.78 is 18.7. The molecule has 5 nitrogen and oxygen atoms in total. The molecule has 1 N–H and O–H groups in total. The van der Waals surface area contributed by atoms with Crippen molar-refractivity contribution in [1.29, 1.82) is 0 Å². The lowest BCUT2D eigenvalue weighted by atomic mass is 9.98. The van der Waals surface area contributed by atoms with Crippen LogP contribution in [-0.4, -0.2) is 40.5 Å². The second-order valence-corrected chi connectivity index (χ2v) is 6.36. The summed E-state index contributed by atoms with van der Waals surface area (Å²) >= 11 is 0. The number of halogens is 1. The van der Waals surface area contributed by atoms with Gasteiger partial charge in [0.1, 0.15) is 11.6 Å². The number of carbonyl (C=O) groups excluding carboxylic acids is 1. The average molecular weight is 317 g/mol. The molecule has 1 atom stereocenters. The molecule has 2 saturated heterocycles. The zero-order valence-electron chi connectivity index (χ0n) is 12.9. The lowest BCUT2D eigenvalue weighted by molar-refractivity contribution is -0.139. The largest absolute Gasteiger partial charge is 0.381 e. The number of imidazole rings is 1. The van der Waals surface area contributed by atoms with E-state index in [1.165, 1.54) is 12.1 Å². The standard InChI is InChI=1S/C17H20FN3O2/c18-12-3-4-13-14(10-12)20-16(19-13)15-2-1-7-21(15)17(22)11-5-8-23-9-6-11/h3-4,10-11,15H,1-2,5-9H2,(H,19,20)/t15-/m1/s1. The number of aromatic nitrogens is 2. The monoisotopic (exact) mass is 317 g/mol. The van der Waals surface area contributed by atoms with Crippen LogP contribution in [0.3, 0.4) is 0 Å². The van der Waals surface area contributed by atoms with Crippen molar-refractivity contribution in [3.8, 4) is 0 Å². The van der Waals surface area contributed by atoms with Gasteiger partial charge in [-0.15, -0.1) is 0 Å². The van der Waals surface area contributed by atoms with Crippen molar-refractivity contribution in [3.63, 3.8) is 0 Å². The number of ether oxygens (including phenoxy) is 1. The van der Waals surface area contributed by atoms with Crippen LogP contribution in [0.1, 0.15) is 37.5 Å². The number of nitrogens with zero attached hydrogens (tertiary/aromatic N) is 2. The highest BCUT2D eigenvalue weighted by Crippen LogP contribution is 2.34. The summed E-state index contributed by atoms with van der Waals surface area (Å²) in [6.45, 7) is 2.10. The van der Waals surface area contributed by atoms with Gasteiger partial charge in [0.05, 0.1) is 17.1 Å². The molecule has 1 aromatic heterocycles. The number of hydrogen-bond donors (Lipinski definition) is 1. The first-order valence-corrected chi connectivity index (χ1v) is 8.26. The number of amides is 1. The molecule has 1 aromatic carbocycles. The number of nitrogens with one attached hydrogen (secondary N) is 1. The van der Waals surface area contributed by atoms with Crippen molar-refractivity contribution in [2.45, 2.75) is 31.7 Å². The predicted molar refractivity (Wildman–Crippen MR) is 83.3 cm³/mol. The highest BCUT2D eigenvalue weighted by atomic mass is 19.1. The molecule has 6 heteroatoms. The van der Waals surface area contributed by atoms with Gasteiger partial charge in [0.15, 0.2) is 0 Å². The second kappa shape index (κ2) is 5.92. The Hall–Kier alpha value is -1.95. The molecule has 0 radical (unpaired) electrons. The van der Waals surface area contributed by atoms with E-state index in [-0.39, 0.29) is 23.7 Å². The number of hydrogen-bond acceptors (Lipinski definition) is 3. The van der Waals surface area contributed by atoms with Crippen molar-refractivity contribution in [2.75, 3.05) is 19.8 Å². The van der Waals surface area contributed by atoms with Crippen LogP contribution in [0.15, 0.2) is 18.2 Å². The molecule has 4 rings (SSSR count). The van der Waals surface area contributed by atoms with E-state index in [0.29, 0.717) is 18.7 Å². The van der Waals surface area contributed by atoms with Crippen LogP contribution in [0.4, 0.5) is 4.39 Å². The molecule has 2 aliphatic rings. The molecular formula is C17H20FN3O2. The minimum atomic E-state index is -0.283. The summed E-state index contributed by atoms with van der Waals surface area (Å²) in [6, 6.07) is 4.50. The van der Waals surface area contributed by atoms with E-state index in [0.717, 1.165) is 43.6 Å². The zero-order chi connectivity index (χ0) is 15.8. The van der Waals surface area contributed by atoms with Gasteiger partial charge in [-0.05, 0) is 43.9 Å². The van der Waals surface area contributed by atoms with Gasteiger partial charge in [-0.1, -0.05) is 0 Å². The minimum absolute atomic E-state index is 0.0270. The molecule has 0 bridgehead atoms. The second-order valence-electron chi connectivity index (χ2n) is 6.36. The summed E-state index contributed by atoms with van der Waals surface area (Å²) in [4.78, 5) is 22.5. The van der Waals surface area contributed by atoms with Gasteiger partial charge in [0, 0.05) is 25.7 Å². The summed E-state index contributed by atoms with van der Waals surface area (Å²) in [6.07, 6.45) is 3.48. The molecule has 2 aromatic rings. The van der Waals surface area contributed by atoms with E-state index in [9.17, 15) is 9.18 Å². The van der Waals surface area contributed by atoms with E-state index >= 15 is 0 Å². The summed E-state index contributed by atoms with van der Waals surface area (Å²) in [5.41, 5.74) is 1.43. The number of H-pyrrole nitrogens is 1. The molecule has 23 heavy (non-hydrogen) atoms. The fourth-order valence-corrected chi connectivity index (χ4v) is 3.65. The van der Waals surface area contributed by atoms with Gasteiger partial charge in [-0.2, -0.15) is 0 Å². The Balaban J connectivity index is 1.59. The third kappa shape index (κ3) is 2.72. The van der Waals surface area contributed by atoms with E-state index in [1.807, 2.05) is 4.90 Å². The minimum Gasteiger partial charge on any atom is -0.381 e. The van der Waals surface area contributed by atoms with E-state index < -0.39 is 0 Å². The normalized spacial score (nSPS) is 22.8. The molecular weight excluding hydrogens is 297 g/mol. The topological polar surface area (TPSA) is 58.2 Å². The molecule has 3 heterocycles. The third-order valence-electron chi connectivity index (χ3n) is 4.88. The van der Waals surface area contributed by atoms with Crippen LogP contribution in [0, 0.1) is 11.7 Å². The van der Waals surface area contributed by atoms with Crippen molar-refractivity contribution in [1.82, 2.24) is 14.9 Å². The van der Waals surface area contributed by atoms with Crippen LogP contribution < -0.4 is 0 Å². The van der Waals surface area contributed by atoms with Crippen molar-refractivity contribution < 1.29 is 13.9 Å². The van der Waals surface area contributed by atoms with E-state index in [4.69, 9.17) is 4.74 Å². The Kier molecular flexibility index (Phi) is 3.77. The number of fused-ring (bicyclic) bond motifs is 1. The lowest BCUT2D eigenvalue weighted by Crippen LogP contribution is -2.38. The van der Waals surface area contributed by atoms with Gasteiger partial charge in [-0.3, -0.25) is 4.79 Å². The fourth-order valence-electron chi connectivity index (χ4n) is 3.65. The molecule has 2 aliphatic heterocycles. The van der Waals surface area contributed by atoms with Crippen LogP contribution in [0.5, 0.6) is 0 Å². The van der Waals surface area contributed by atoms with Crippen LogP contribution in [0.25, 0.3) is 11.0 Å². The van der Waals surface area contributed by atoms with Crippen LogP contribution in [-0.2, 0) is 9.53 Å². The lowest BCUT2D eigenvalue weighted by Gasteiger charge is -2.29. The van der Waals surface area contributed by atoms with Gasteiger partial charge >= 0.3 is 0 Å². The SMILES string of the molecule is O=C(C1CCOCC1)N1CCC[C@@H]1c1nc2ccc(F)cc2[nH]1. The molecule has 2 fully saturated rings. The first-order chi connectivity index (χ1) is 11.2. The third-order valence-corrected chi connectivity index (χ3v) is 4.88. The van der Waals surface area contributed by atoms with Crippen molar-refractivity contribution in [2.24, 2.45) is 5.92 Å². The molecule has 0 spiro atoms. The molecule has 122 valence electrons. The summed E-state index contributed by atoms with van der Waals surface area (Å²) in [5, 5.41) is 0. The Morgan fingerprint density at radius 1 is 1.30 bits per heavy atom. The molecule has 0 aliphatic carbocycles. The summed E-state index contributed by atoms with van der Waals surface area (Å²) in [5.74, 6) is 0.756. The maximum Gasteiger partial charge on any atom is 0.226 e. The molecule has 1 amide bonds. The quantitative estimate of drug-likeness (QED) is 0.926.